The number of rotatable bonds is 5. The first-order chi connectivity index (χ1) is 13.9. The number of nitrogens with zero attached hydrogens (tertiary/aromatic N) is 4. The third-order valence-corrected chi connectivity index (χ3v) is 6.44. The molecule has 1 N–H and O–H groups in total. The molecule has 1 aromatic carbocycles. The molecular weight excluding hydrogens is 394 g/mol. The van der Waals surface area contributed by atoms with Crippen LogP contribution in [-0.2, 0) is 21.4 Å². The van der Waals surface area contributed by atoms with E-state index in [2.05, 4.69) is 19.8 Å². The molecule has 2 aliphatic heterocycles. The summed E-state index contributed by atoms with van der Waals surface area (Å²) in [4.78, 5) is 21.1. The van der Waals surface area contributed by atoms with Crippen molar-refractivity contribution in [2.45, 2.75) is 24.8 Å². The van der Waals surface area contributed by atoms with Crippen LogP contribution in [0, 0.1) is 6.92 Å². The largest absolute Gasteiger partial charge is 0.361 e. The van der Waals surface area contributed by atoms with Crippen LogP contribution >= 0.6 is 0 Å². The first kappa shape index (κ1) is 19.6. The van der Waals surface area contributed by atoms with Gasteiger partial charge in [0.1, 0.15) is 11.6 Å². The Hall–Kier alpha value is -2.72. The fourth-order valence-electron chi connectivity index (χ4n) is 3.55. The van der Waals surface area contributed by atoms with Gasteiger partial charge in [-0.15, -0.1) is 0 Å². The number of piperazine rings is 1. The fourth-order valence-corrected chi connectivity index (χ4v) is 4.80. The maximum absolute atomic E-state index is 12.5. The van der Waals surface area contributed by atoms with Crippen LogP contribution in [-0.4, -0.2) is 67.8 Å². The third-order valence-electron chi connectivity index (χ3n) is 5.05. The number of sulfonamides is 1. The minimum atomic E-state index is -3.55. The number of carbonyl (C=O) groups excluding carboxylic acids is 1. The summed E-state index contributed by atoms with van der Waals surface area (Å²) < 4.78 is 31.7. The van der Waals surface area contributed by atoms with E-state index in [4.69, 9.17) is 4.52 Å². The van der Waals surface area contributed by atoms with E-state index in [1.54, 1.807) is 24.3 Å². The van der Waals surface area contributed by atoms with Crippen molar-refractivity contribution in [2.75, 3.05) is 32.7 Å². The first-order valence-electron chi connectivity index (χ1n) is 9.51. The van der Waals surface area contributed by atoms with E-state index >= 15 is 0 Å². The second kappa shape index (κ2) is 7.96. The van der Waals surface area contributed by atoms with E-state index in [-0.39, 0.29) is 23.8 Å². The van der Waals surface area contributed by atoms with E-state index in [9.17, 15) is 13.2 Å². The number of hydrogen-bond donors (Lipinski definition) is 1. The van der Waals surface area contributed by atoms with Crippen molar-refractivity contribution >= 4 is 21.8 Å². The minimum Gasteiger partial charge on any atom is -0.361 e. The summed E-state index contributed by atoms with van der Waals surface area (Å²) in [6.45, 7) is 5.68. The molecule has 0 radical (unpaired) electrons. The number of amides is 1. The molecule has 10 heteroatoms. The highest BCUT2D eigenvalue weighted by Crippen LogP contribution is 2.22. The lowest BCUT2D eigenvalue weighted by molar-refractivity contribution is -0.132. The average Bonchev–Trinajstić information content (AvgIpc) is 3.23. The third kappa shape index (κ3) is 4.33. The number of aryl methyl sites for hydroxylation is 1. The van der Waals surface area contributed by atoms with Crippen molar-refractivity contribution in [1.29, 1.82) is 0 Å². The SMILES string of the molecule is Cc1cc(CN2CCN(C(=O)CCN=C3NS(=O)(=O)c4ccccc43)CC2)no1. The Morgan fingerprint density at radius 3 is 2.72 bits per heavy atom. The standard InChI is InChI=1S/C19H23N5O4S/c1-14-12-15(21-28-14)13-23-8-10-24(11-9-23)18(25)6-7-20-19-16-4-2-3-5-17(16)29(26,27)22-19/h2-5,12H,6-11,13H2,1H3,(H,20,22). The van der Waals surface area contributed by atoms with Crippen molar-refractivity contribution in [2.24, 2.45) is 4.99 Å². The number of aromatic nitrogens is 1. The predicted octanol–water partition coefficient (Wildman–Crippen LogP) is 0.756. The molecule has 1 fully saturated rings. The van der Waals surface area contributed by atoms with Gasteiger partial charge in [-0.3, -0.25) is 19.4 Å². The molecule has 0 bridgehead atoms. The van der Waals surface area contributed by atoms with E-state index in [1.165, 1.54) is 0 Å². The van der Waals surface area contributed by atoms with E-state index in [0.29, 0.717) is 31.0 Å². The molecule has 1 aromatic heterocycles. The molecule has 1 amide bonds. The zero-order valence-corrected chi connectivity index (χ0v) is 17.0. The van der Waals surface area contributed by atoms with Crippen molar-refractivity contribution in [3.8, 4) is 0 Å². The Balaban J connectivity index is 1.27. The van der Waals surface area contributed by atoms with Gasteiger partial charge in [-0.2, -0.15) is 0 Å². The number of benzene rings is 1. The maximum atomic E-state index is 12.5. The van der Waals surface area contributed by atoms with Gasteiger partial charge in [0, 0.05) is 50.8 Å². The van der Waals surface area contributed by atoms with Crippen LogP contribution in [0.3, 0.4) is 0 Å². The van der Waals surface area contributed by atoms with E-state index in [0.717, 1.165) is 24.5 Å². The average molecular weight is 417 g/mol. The number of amidine groups is 1. The van der Waals surface area contributed by atoms with Crippen LogP contribution in [0.25, 0.3) is 0 Å². The highest BCUT2D eigenvalue weighted by molar-refractivity contribution is 7.90. The second-order valence-corrected chi connectivity index (χ2v) is 8.82. The minimum absolute atomic E-state index is 0.0282. The Morgan fingerprint density at radius 1 is 1.24 bits per heavy atom. The summed E-state index contributed by atoms with van der Waals surface area (Å²) in [5, 5.41) is 4.01. The zero-order chi connectivity index (χ0) is 20.4. The van der Waals surface area contributed by atoms with Crippen LogP contribution in [0.2, 0.25) is 0 Å². The molecule has 154 valence electrons. The highest BCUT2D eigenvalue weighted by atomic mass is 32.2. The molecular formula is C19H23N5O4S. The molecule has 3 heterocycles. The molecule has 2 aromatic rings. The molecule has 0 aliphatic carbocycles. The van der Waals surface area contributed by atoms with Crippen LogP contribution in [0.5, 0.6) is 0 Å². The summed E-state index contributed by atoms with van der Waals surface area (Å²) >= 11 is 0. The molecule has 0 atom stereocenters. The van der Waals surface area contributed by atoms with Gasteiger partial charge >= 0.3 is 0 Å². The van der Waals surface area contributed by atoms with Crippen molar-refractivity contribution in [1.82, 2.24) is 19.7 Å². The summed E-state index contributed by atoms with van der Waals surface area (Å²) in [7, 11) is -3.55. The Morgan fingerprint density at radius 2 is 2.00 bits per heavy atom. The lowest BCUT2D eigenvalue weighted by Gasteiger charge is -2.34. The van der Waals surface area contributed by atoms with Crippen LogP contribution in [0.1, 0.15) is 23.4 Å². The quantitative estimate of drug-likeness (QED) is 0.769. The lowest BCUT2D eigenvalue weighted by atomic mass is 10.2. The van der Waals surface area contributed by atoms with Crippen LogP contribution in [0.4, 0.5) is 0 Å². The van der Waals surface area contributed by atoms with Crippen LogP contribution in [0.15, 0.2) is 44.7 Å². The predicted molar refractivity (Wildman–Crippen MR) is 106 cm³/mol. The Bertz CT molecular complexity index is 1040. The van der Waals surface area contributed by atoms with Gasteiger partial charge in [-0.1, -0.05) is 17.3 Å². The topological polar surface area (TPSA) is 108 Å². The summed E-state index contributed by atoms with van der Waals surface area (Å²) in [5.74, 6) is 1.13. The van der Waals surface area contributed by atoms with Crippen molar-refractivity contribution in [3.05, 3.63) is 47.3 Å². The lowest BCUT2D eigenvalue weighted by Crippen LogP contribution is -2.48. The van der Waals surface area contributed by atoms with Crippen molar-refractivity contribution in [3.63, 3.8) is 0 Å². The Kier molecular flexibility index (Phi) is 5.37. The zero-order valence-electron chi connectivity index (χ0n) is 16.2. The second-order valence-electron chi connectivity index (χ2n) is 7.17. The maximum Gasteiger partial charge on any atom is 0.263 e. The number of nitrogens with one attached hydrogen (secondary N) is 1. The molecule has 4 rings (SSSR count). The fraction of sp³-hybridized carbons (Fsp3) is 0.421. The molecule has 0 unspecified atom stereocenters. The monoisotopic (exact) mass is 417 g/mol. The van der Waals surface area contributed by atoms with Crippen LogP contribution < -0.4 is 4.72 Å². The van der Waals surface area contributed by atoms with Gasteiger partial charge in [0.2, 0.25) is 5.91 Å². The van der Waals surface area contributed by atoms with E-state index in [1.807, 2.05) is 17.9 Å². The van der Waals surface area contributed by atoms with E-state index < -0.39 is 10.0 Å². The molecule has 1 saturated heterocycles. The number of hydrogen-bond acceptors (Lipinski definition) is 7. The smallest absolute Gasteiger partial charge is 0.263 e. The summed E-state index contributed by atoms with van der Waals surface area (Å²) in [6, 6.07) is 8.62. The number of aliphatic imine (C=N–C) groups is 1. The summed E-state index contributed by atoms with van der Waals surface area (Å²) in [6.07, 6.45) is 0.246. The normalized spacial score (nSPS) is 19.9. The highest BCUT2D eigenvalue weighted by Gasteiger charge is 2.30. The Labute approximate surface area is 169 Å². The van der Waals surface area contributed by atoms with Gasteiger partial charge in [-0.05, 0) is 19.1 Å². The van der Waals surface area contributed by atoms with Gasteiger partial charge in [-0.25, -0.2) is 8.42 Å². The molecule has 2 aliphatic rings. The summed E-state index contributed by atoms with van der Waals surface area (Å²) in [5.41, 5.74) is 1.45. The first-order valence-corrected chi connectivity index (χ1v) is 11.0. The van der Waals surface area contributed by atoms with Gasteiger partial charge in [0.05, 0.1) is 17.1 Å². The molecule has 0 spiro atoms. The molecule has 9 nitrogen and oxygen atoms in total. The van der Waals surface area contributed by atoms with Gasteiger partial charge in [0.15, 0.2) is 0 Å². The number of fused-ring (bicyclic) bond motifs is 1. The van der Waals surface area contributed by atoms with Crippen molar-refractivity contribution < 1.29 is 17.7 Å². The molecule has 0 saturated carbocycles. The number of carbonyl (C=O) groups is 1. The molecule has 29 heavy (non-hydrogen) atoms. The van der Waals surface area contributed by atoms with Gasteiger partial charge in [0.25, 0.3) is 10.0 Å². The van der Waals surface area contributed by atoms with Gasteiger partial charge < -0.3 is 9.42 Å².